The van der Waals surface area contributed by atoms with Crippen LogP contribution in [0.5, 0.6) is 0 Å². The highest BCUT2D eigenvalue weighted by molar-refractivity contribution is 5.64. The van der Waals surface area contributed by atoms with Crippen LogP contribution in [-0.2, 0) is 6.18 Å². The van der Waals surface area contributed by atoms with Crippen molar-refractivity contribution in [2.24, 2.45) is 0 Å². The normalized spacial score (nSPS) is 20.0. The molecule has 0 unspecified atom stereocenters. The van der Waals surface area contributed by atoms with E-state index in [9.17, 15) is 23.3 Å². The topological polar surface area (TPSA) is 63.0 Å². The zero-order valence-corrected chi connectivity index (χ0v) is 10.9. The molecular weight excluding hydrogens is 275 g/mol. The van der Waals surface area contributed by atoms with Crippen LogP contribution < -0.4 is 10.2 Å². The molecule has 1 aliphatic heterocycles. The Balaban J connectivity index is 2.40. The van der Waals surface area contributed by atoms with Crippen LogP contribution in [0.2, 0.25) is 0 Å². The minimum Gasteiger partial charge on any atom is -0.354 e. The van der Waals surface area contributed by atoms with Crippen LogP contribution in [-0.4, -0.2) is 30.6 Å². The van der Waals surface area contributed by atoms with Gasteiger partial charge < -0.3 is 10.2 Å². The van der Waals surface area contributed by atoms with E-state index in [1.807, 2.05) is 6.92 Å². The number of halogens is 3. The number of nitro groups is 1. The lowest BCUT2D eigenvalue weighted by atomic mass is 10.1. The first-order valence-corrected chi connectivity index (χ1v) is 6.23. The van der Waals surface area contributed by atoms with Crippen LogP contribution in [0.25, 0.3) is 0 Å². The van der Waals surface area contributed by atoms with Gasteiger partial charge in [-0.2, -0.15) is 13.2 Å². The fourth-order valence-corrected chi connectivity index (χ4v) is 2.36. The quantitative estimate of drug-likeness (QED) is 0.661. The molecule has 1 saturated heterocycles. The van der Waals surface area contributed by atoms with Crippen molar-refractivity contribution in [3.63, 3.8) is 0 Å². The molecule has 8 heteroatoms. The number of piperazine rings is 1. The number of anilines is 1. The van der Waals surface area contributed by atoms with Crippen LogP contribution >= 0.6 is 0 Å². The number of nitrogens with zero attached hydrogens (tertiary/aromatic N) is 2. The van der Waals surface area contributed by atoms with E-state index < -0.39 is 22.4 Å². The highest BCUT2D eigenvalue weighted by atomic mass is 19.4. The maximum absolute atomic E-state index is 12.6. The third-order valence-corrected chi connectivity index (χ3v) is 3.32. The Bertz CT molecular complexity index is 519. The van der Waals surface area contributed by atoms with Crippen molar-refractivity contribution in [3.8, 4) is 0 Å². The molecule has 1 aromatic carbocycles. The SMILES string of the molecule is C[C@@H]1CN(c2ccc(C(F)(F)F)cc2[N+](=O)[O-])CC[NH2+]1. The van der Waals surface area contributed by atoms with Crippen LogP contribution in [0.4, 0.5) is 24.5 Å². The summed E-state index contributed by atoms with van der Waals surface area (Å²) < 4.78 is 37.9. The summed E-state index contributed by atoms with van der Waals surface area (Å²) in [5.74, 6) is 0. The number of nitro benzene ring substituents is 1. The van der Waals surface area contributed by atoms with Gasteiger partial charge in [0.25, 0.3) is 5.69 Å². The zero-order valence-electron chi connectivity index (χ0n) is 10.9. The molecule has 1 aromatic rings. The lowest BCUT2D eigenvalue weighted by Gasteiger charge is -2.30. The van der Waals surface area contributed by atoms with Crippen LogP contribution in [0.15, 0.2) is 18.2 Å². The number of hydrogen-bond acceptors (Lipinski definition) is 3. The second-order valence-corrected chi connectivity index (χ2v) is 4.91. The molecule has 2 rings (SSSR count). The molecule has 110 valence electrons. The number of quaternary nitrogens is 1. The van der Waals surface area contributed by atoms with Gasteiger partial charge in [-0.25, -0.2) is 0 Å². The van der Waals surface area contributed by atoms with Crippen LogP contribution in [0.3, 0.4) is 0 Å². The lowest BCUT2D eigenvalue weighted by Crippen LogP contribution is -2.94. The van der Waals surface area contributed by atoms with Crippen LogP contribution in [0, 0.1) is 10.1 Å². The molecule has 0 bridgehead atoms. The second-order valence-electron chi connectivity index (χ2n) is 4.91. The van der Waals surface area contributed by atoms with Gasteiger partial charge in [0.2, 0.25) is 0 Å². The second kappa shape index (κ2) is 5.28. The van der Waals surface area contributed by atoms with Crippen molar-refractivity contribution in [1.82, 2.24) is 0 Å². The Kier molecular flexibility index (Phi) is 3.85. The average Bonchev–Trinajstić information content (AvgIpc) is 2.37. The Morgan fingerprint density at radius 3 is 2.70 bits per heavy atom. The molecule has 2 N–H and O–H groups in total. The minimum atomic E-state index is -4.58. The Hall–Kier alpha value is -1.83. The number of nitrogens with two attached hydrogens (primary N) is 1. The zero-order chi connectivity index (χ0) is 14.9. The summed E-state index contributed by atoms with van der Waals surface area (Å²) in [6.07, 6.45) is -4.58. The number of alkyl halides is 3. The van der Waals surface area contributed by atoms with E-state index in [-0.39, 0.29) is 11.7 Å². The third-order valence-electron chi connectivity index (χ3n) is 3.32. The Morgan fingerprint density at radius 1 is 1.45 bits per heavy atom. The number of benzene rings is 1. The van der Waals surface area contributed by atoms with Crippen molar-refractivity contribution < 1.29 is 23.4 Å². The largest absolute Gasteiger partial charge is 0.416 e. The first kappa shape index (κ1) is 14.6. The summed E-state index contributed by atoms with van der Waals surface area (Å²) in [6, 6.07) is 2.95. The Labute approximate surface area is 113 Å². The molecule has 1 fully saturated rings. The van der Waals surface area contributed by atoms with Gasteiger partial charge in [-0.3, -0.25) is 10.1 Å². The summed E-state index contributed by atoms with van der Waals surface area (Å²) >= 11 is 0. The van der Waals surface area contributed by atoms with Crippen molar-refractivity contribution in [3.05, 3.63) is 33.9 Å². The van der Waals surface area contributed by atoms with Gasteiger partial charge in [-0.15, -0.1) is 0 Å². The van der Waals surface area contributed by atoms with E-state index in [4.69, 9.17) is 0 Å². The third kappa shape index (κ3) is 3.01. The van der Waals surface area contributed by atoms with Gasteiger partial charge in [0.15, 0.2) is 0 Å². The monoisotopic (exact) mass is 290 g/mol. The number of rotatable bonds is 2. The van der Waals surface area contributed by atoms with E-state index in [1.165, 1.54) is 6.07 Å². The van der Waals surface area contributed by atoms with Gasteiger partial charge in [0.1, 0.15) is 11.7 Å². The summed E-state index contributed by atoms with van der Waals surface area (Å²) in [7, 11) is 0. The first-order valence-electron chi connectivity index (χ1n) is 6.23. The fourth-order valence-electron chi connectivity index (χ4n) is 2.36. The van der Waals surface area contributed by atoms with Gasteiger partial charge in [0.05, 0.1) is 30.1 Å². The fraction of sp³-hybridized carbons (Fsp3) is 0.500. The Morgan fingerprint density at radius 2 is 2.15 bits per heavy atom. The summed E-state index contributed by atoms with van der Waals surface area (Å²) in [5.41, 5.74) is -1.23. The highest BCUT2D eigenvalue weighted by Crippen LogP contribution is 2.36. The summed E-state index contributed by atoms with van der Waals surface area (Å²) in [4.78, 5) is 12.0. The molecule has 0 aromatic heterocycles. The molecule has 5 nitrogen and oxygen atoms in total. The molecule has 0 spiro atoms. The molecule has 20 heavy (non-hydrogen) atoms. The van der Waals surface area contributed by atoms with Gasteiger partial charge in [0, 0.05) is 6.07 Å². The molecule has 0 aliphatic carbocycles. The van der Waals surface area contributed by atoms with Gasteiger partial charge >= 0.3 is 6.18 Å². The average molecular weight is 290 g/mol. The van der Waals surface area contributed by atoms with E-state index in [1.54, 1.807) is 4.90 Å². The van der Waals surface area contributed by atoms with E-state index in [0.29, 0.717) is 19.2 Å². The molecule has 0 radical (unpaired) electrons. The molecule has 1 heterocycles. The van der Waals surface area contributed by atoms with Crippen molar-refractivity contribution in [2.75, 3.05) is 24.5 Å². The number of hydrogen-bond donors (Lipinski definition) is 1. The van der Waals surface area contributed by atoms with Crippen molar-refractivity contribution in [2.45, 2.75) is 19.1 Å². The predicted octanol–water partition coefficient (Wildman–Crippen LogP) is 1.39. The summed E-state index contributed by atoms with van der Waals surface area (Å²) in [5, 5.41) is 13.1. The predicted molar refractivity (Wildman–Crippen MR) is 66.6 cm³/mol. The van der Waals surface area contributed by atoms with Gasteiger partial charge in [-0.05, 0) is 19.1 Å². The smallest absolute Gasteiger partial charge is 0.354 e. The minimum absolute atomic E-state index is 0.253. The molecule has 1 atom stereocenters. The van der Waals surface area contributed by atoms with E-state index >= 15 is 0 Å². The van der Waals surface area contributed by atoms with E-state index in [0.717, 1.165) is 12.6 Å². The van der Waals surface area contributed by atoms with Gasteiger partial charge in [-0.1, -0.05) is 0 Å². The van der Waals surface area contributed by atoms with Crippen molar-refractivity contribution >= 4 is 11.4 Å². The molecular formula is C12H15F3N3O2+. The molecule has 0 amide bonds. The summed E-state index contributed by atoms with van der Waals surface area (Å²) in [6.45, 7) is 3.89. The highest BCUT2D eigenvalue weighted by Gasteiger charge is 2.34. The maximum Gasteiger partial charge on any atom is 0.416 e. The van der Waals surface area contributed by atoms with E-state index in [2.05, 4.69) is 5.32 Å². The molecule has 1 aliphatic rings. The standard InChI is InChI=1S/C12H14F3N3O2/c1-8-7-17(5-4-16-8)10-3-2-9(12(13,14)15)6-11(10)18(19)20/h2-3,6,8,16H,4-5,7H2,1H3/p+1/t8-/m1/s1. The lowest BCUT2D eigenvalue weighted by molar-refractivity contribution is -0.687. The van der Waals surface area contributed by atoms with Crippen LogP contribution in [0.1, 0.15) is 12.5 Å². The molecule has 0 saturated carbocycles. The first-order chi connectivity index (χ1) is 9.29. The van der Waals surface area contributed by atoms with Crippen molar-refractivity contribution in [1.29, 1.82) is 0 Å². The maximum atomic E-state index is 12.6.